The van der Waals surface area contributed by atoms with E-state index in [0.717, 1.165) is 18.8 Å². The van der Waals surface area contributed by atoms with Gasteiger partial charge in [-0.05, 0) is 31.1 Å². The maximum Gasteiger partial charge on any atom is 0.304 e. The molecule has 0 aromatic carbocycles. The van der Waals surface area contributed by atoms with Crippen LogP contribution in [-0.2, 0) is 4.79 Å². The van der Waals surface area contributed by atoms with Gasteiger partial charge in [-0.25, -0.2) is 0 Å². The summed E-state index contributed by atoms with van der Waals surface area (Å²) in [6.45, 7) is 2.28. The molecule has 0 spiro atoms. The lowest BCUT2D eigenvalue weighted by atomic mass is 9.82. The SMILES string of the molecule is C[C@H](CC[C@H](N)CC(=O)O)CC1CCCCC1. The minimum Gasteiger partial charge on any atom is -0.481 e. The van der Waals surface area contributed by atoms with Crippen LogP contribution < -0.4 is 5.73 Å². The lowest BCUT2D eigenvalue weighted by Gasteiger charge is -2.25. The zero-order chi connectivity index (χ0) is 12.7. The summed E-state index contributed by atoms with van der Waals surface area (Å²) < 4.78 is 0. The van der Waals surface area contributed by atoms with Crippen molar-refractivity contribution < 1.29 is 9.90 Å². The van der Waals surface area contributed by atoms with Crippen molar-refractivity contribution in [1.29, 1.82) is 0 Å². The van der Waals surface area contributed by atoms with Crippen molar-refractivity contribution in [2.45, 2.75) is 70.8 Å². The molecule has 100 valence electrons. The molecule has 0 saturated heterocycles. The van der Waals surface area contributed by atoms with Crippen LogP contribution in [0.2, 0.25) is 0 Å². The highest BCUT2D eigenvalue weighted by Gasteiger charge is 2.17. The van der Waals surface area contributed by atoms with E-state index in [0.29, 0.717) is 5.92 Å². The van der Waals surface area contributed by atoms with E-state index in [-0.39, 0.29) is 12.5 Å². The number of aliphatic carboxylic acids is 1. The molecule has 17 heavy (non-hydrogen) atoms. The Bertz CT molecular complexity index is 224. The lowest BCUT2D eigenvalue weighted by molar-refractivity contribution is -0.137. The molecule has 0 aromatic heterocycles. The van der Waals surface area contributed by atoms with Crippen LogP contribution in [0.25, 0.3) is 0 Å². The zero-order valence-electron chi connectivity index (χ0n) is 11.0. The highest BCUT2D eigenvalue weighted by molar-refractivity contribution is 5.67. The molecule has 3 N–H and O–H groups in total. The quantitative estimate of drug-likeness (QED) is 0.719. The third-order valence-electron chi connectivity index (χ3n) is 3.93. The Kier molecular flexibility index (Phi) is 6.56. The molecule has 1 rings (SSSR count). The summed E-state index contributed by atoms with van der Waals surface area (Å²) in [6.07, 6.45) is 10.3. The number of carboxylic acid groups (broad SMARTS) is 1. The normalized spacial score (nSPS) is 21.1. The first-order chi connectivity index (χ1) is 8.08. The van der Waals surface area contributed by atoms with Crippen molar-refractivity contribution in [2.24, 2.45) is 17.6 Å². The summed E-state index contributed by atoms with van der Waals surface area (Å²) in [4.78, 5) is 10.5. The predicted molar refractivity (Wildman–Crippen MR) is 69.8 cm³/mol. The monoisotopic (exact) mass is 241 g/mol. The summed E-state index contributed by atoms with van der Waals surface area (Å²) in [7, 11) is 0. The van der Waals surface area contributed by atoms with E-state index in [1.54, 1.807) is 0 Å². The molecule has 3 nitrogen and oxygen atoms in total. The van der Waals surface area contributed by atoms with Crippen LogP contribution in [0.1, 0.15) is 64.7 Å². The van der Waals surface area contributed by atoms with E-state index < -0.39 is 5.97 Å². The first-order valence-electron chi connectivity index (χ1n) is 7.05. The van der Waals surface area contributed by atoms with Gasteiger partial charge >= 0.3 is 5.97 Å². The van der Waals surface area contributed by atoms with E-state index in [4.69, 9.17) is 10.8 Å². The Morgan fingerprint density at radius 3 is 2.53 bits per heavy atom. The number of carboxylic acids is 1. The fraction of sp³-hybridized carbons (Fsp3) is 0.929. The van der Waals surface area contributed by atoms with E-state index in [2.05, 4.69) is 6.92 Å². The van der Waals surface area contributed by atoms with Gasteiger partial charge < -0.3 is 10.8 Å². The van der Waals surface area contributed by atoms with Crippen molar-refractivity contribution >= 4 is 5.97 Å². The Balaban J connectivity index is 2.11. The second-order valence-electron chi connectivity index (χ2n) is 5.78. The molecule has 0 radical (unpaired) electrons. The third-order valence-corrected chi connectivity index (χ3v) is 3.93. The molecule has 1 saturated carbocycles. The van der Waals surface area contributed by atoms with Crippen LogP contribution in [0.5, 0.6) is 0 Å². The fourth-order valence-corrected chi connectivity index (χ4v) is 2.93. The van der Waals surface area contributed by atoms with Crippen LogP contribution in [0, 0.1) is 11.8 Å². The number of hydrogen-bond acceptors (Lipinski definition) is 2. The van der Waals surface area contributed by atoms with Crippen molar-refractivity contribution in [3.63, 3.8) is 0 Å². The molecule has 0 aromatic rings. The smallest absolute Gasteiger partial charge is 0.304 e. The maximum absolute atomic E-state index is 10.5. The summed E-state index contributed by atoms with van der Waals surface area (Å²) in [5.74, 6) is 0.824. The van der Waals surface area contributed by atoms with Gasteiger partial charge in [-0.2, -0.15) is 0 Å². The molecule has 0 amide bonds. The van der Waals surface area contributed by atoms with Crippen LogP contribution in [0.3, 0.4) is 0 Å². The van der Waals surface area contributed by atoms with Crippen molar-refractivity contribution in [3.05, 3.63) is 0 Å². The van der Waals surface area contributed by atoms with E-state index in [9.17, 15) is 4.79 Å². The average molecular weight is 241 g/mol. The van der Waals surface area contributed by atoms with Crippen molar-refractivity contribution in [1.82, 2.24) is 0 Å². The van der Waals surface area contributed by atoms with E-state index >= 15 is 0 Å². The summed E-state index contributed by atoms with van der Waals surface area (Å²) >= 11 is 0. The van der Waals surface area contributed by atoms with Gasteiger partial charge in [0, 0.05) is 6.04 Å². The van der Waals surface area contributed by atoms with Crippen LogP contribution in [-0.4, -0.2) is 17.1 Å². The fourth-order valence-electron chi connectivity index (χ4n) is 2.93. The molecule has 1 aliphatic carbocycles. The minimum absolute atomic E-state index is 0.107. The van der Waals surface area contributed by atoms with Gasteiger partial charge in [0.15, 0.2) is 0 Å². The van der Waals surface area contributed by atoms with Gasteiger partial charge in [0.05, 0.1) is 6.42 Å². The Labute approximate surface area is 105 Å². The van der Waals surface area contributed by atoms with Gasteiger partial charge in [-0.1, -0.05) is 39.0 Å². The van der Waals surface area contributed by atoms with Gasteiger partial charge in [-0.15, -0.1) is 0 Å². The Morgan fingerprint density at radius 1 is 1.29 bits per heavy atom. The average Bonchev–Trinajstić information content (AvgIpc) is 2.27. The minimum atomic E-state index is -0.780. The van der Waals surface area contributed by atoms with Gasteiger partial charge in [0.25, 0.3) is 0 Å². The highest BCUT2D eigenvalue weighted by atomic mass is 16.4. The molecule has 0 aliphatic heterocycles. The maximum atomic E-state index is 10.5. The highest BCUT2D eigenvalue weighted by Crippen LogP contribution is 2.30. The molecular formula is C14H27NO2. The largest absolute Gasteiger partial charge is 0.481 e. The number of hydrogen-bond donors (Lipinski definition) is 2. The van der Waals surface area contributed by atoms with E-state index in [1.165, 1.54) is 38.5 Å². The predicted octanol–water partition coefficient (Wildman–Crippen LogP) is 3.18. The molecule has 0 unspecified atom stereocenters. The molecule has 1 fully saturated rings. The topological polar surface area (TPSA) is 63.3 Å². The molecule has 1 aliphatic rings. The van der Waals surface area contributed by atoms with Crippen LogP contribution >= 0.6 is 0 Å². The van der Waals surface area contributed by atoms with Crippen molar-refractivity contribution in [3.8, 4) is 0 Å². The summed E-state index contributed by atoms with van der Waals surface area (Å²) in [6, 6.07) is -0.165. The Morgan fingerprint density at radius 2 is 1.94 bits per heavy atom. The molecule has 3 heteroatoms. The summed E-state index contributed by atoms with van der Waals surface area (Å²) in [5.41, 5.74) is 5.78. The number of nitrogens with two attached hydrogens (primary N) is 1. The standard InChI is InChI=1S/C14H27NO2/c1-11(7-8-13(15)10-14(16)17)9-12-5-3-2-4-6-12/h11-13H,2-10,15H2,1H3,(H,16,17)/t11-,13+/m1/s1. The second-order valence-corrected chi connectivity index (χ2v) is 5.78. The summed E-state index contributed by atoms with van der Waals surface area (Å²) in [5, 5.41) is 8.63. The zero-order valence-corrected chi connectivity index (χ0v) is 11.0. The molecule has 0 heterocycles. The second kappa shape index (κ2) is 7.70. The first-order valence-corrected chi connectivity index (χ1v) is 7.05. The van der Waals surface area contributed by atoms with Crippen molar-refractivity contribution in [2.75, 3.05) is 0 Å². The number of rotatable bonds is 7. The first kappa shape index (κ1) is 14.5. The van der Waals surface area contributed by atoms with Crippen LogP contribution in [0.4, 0.5) is 0 Å². The molecule has 0 bridgehead atoms. The van der Waals surface area contributed by atoms with E-state index in [1.807, 2.05) is 0 Å². The lowest BCUT2D eigenvalue weighted by Crippen LogP contribution is -2.24. The van der Waals surface area contributed by atoms with Crippen LogP contribution in [0.15, 0.2) is 0 Å². The molecule has 2 atom stereocenters. The van der Waals surface area contributed by atoms with Gasteiger partial charge in [0.2, 0.25) is 0 Å². The van der Waals surface area contributed by atoms with Gasteiger partial charge in [-0.3, -0.25) is 4.79 Å². The third kappa shape index (κ3) is 6.67. The number of carbonyl (C=O) groups is 1. The van der Waals surface area contributed by atoms with Gasteiger partial charge in [0.1, 0.15) is 0 Å². The molecular weight excluding hydrogens is 214 g/mol. The Hall–Kier alpha value is -0.570.